The molecule has 0 saturated carbocycles. The standard InChI is InChI=1S/C10H11NO2/c1-2-3-4-8-5-6-9(10(12)13)11-7-8/h3-7H,2H2,1H3,(H,12,13)/b4-3+. The second-order valence-electron chi connectivity index (χ2n) is 2.59. The lowest BCUT2D eigenvalue weighted by Gasteiger charge is -1.94. The van der Waals surface area contributed by atoms with Gasteiger partial charge in [-0.25, -0.2) is 9.78 Å². The third kappa shape index (κ3) is 2.71. The van der Waals surface area contributed by atoms with Gasteiger partial charge in [0.05, 0.1) is 0 Å². The first kappa shape index (κ1) is 9.45. The summed E-state index contributed by atoms with van der Waals surface area (Å²) >= 11 is 0. The molecule has 13 heavy (non-hydrogen) atoms. The van der Waals surface area contributed by atoms with Crippen LogP contribution in [0.1, 0.15) is 29.4 Å². The fourth-order valence-electron chi connectivity index (χ4n) is 0.884. The van der Waals surface area contributed by atoms with Gasteiger partial charge in [-0.3, -0.25) is 0 Å². The van der Waals surface area contributed by atoms with Crippen LogP contribution in [0.25, 0.3) is 6.08 Å². The number of hydrogen-bond donors (Lipinski definition) is 1. The molecule has 0 bridgehead atoms. The fraction of sp³-hybridized carbons (Fsp3) is 0.200. The van der Waals surface area contributed by atoms with Gasteiger partial charge in [0.2, 0.25) is 0 Å². The Morgan fingerprint density at radius 2 is 2.38 bits per heavy atom. The Morgan fingerprint density at radius 3 is 2.85 bits per heavy atom. The molecule has 0 fully saturated rings. The van der Waals surface area contributed by atoms with Gasteiger partial charge in [0, 0.05) is 6.20 Å². The van der Waals surface area contributed by atoms with Crippen molar-refractivity contribution in [1.82, 2.24) is 4.98 Å². The van der Waals surface area contributed by atoms with Crippen molar-refractivity contribution in [1.29, 1.82) is 0 Å². The van der Waals surface area contributed by atoms with Crippen molar-refractivity contribution in [3.63, 3.8) is 0 Å². The SMILES string of the molecule is CC/C=C/c1ccc(C(=O)O)nc1. The van der Waals surface area contributed by atoms with Gasteiger partial charge in [-0.05, 0) is 18.1 Å². The third-order valence-electron chi connectivity index (χ3n) is 1.55. The Balaban J connectivity index is 2.81. The van der Waals surface area contributed by atoms with E-state index in [2.05, 4.69) is 4.98 Å². The normalized spacial score (nSPS) is 10.5. The van der Waals surface area contributed by atoms with Crippen LogP contribution in [0.5, 0.6) is 0 Å². The molecule has 0 amide bonds. The molecule has 1 aromatic heterocycles. The molecule has 3 heteroatoms. The highest BCUT2D eigenvalue weighted by Crippen LogP contribution is 2.02. The second-order valence-corrected chi connectivity index (χ2v) is 2.59. The zero-order valence-electron chi connectivity index (χ0n) is 7.40. The molecule has 1 aromatic rings. The van der Waals surface area contributed by atoms with Crippen molar-refractivity contribution in [3.8, 4) is 0 Å². The van der Waals surface area contributed by atoms with E-state index in [1.165, 1.54) is 6.07 Å². The molecule has 3 nitrogen and oxygen atoms in total. The lowest BCUT2D eigenvalue weighted by molar-refractivity contribution is 0.0690. The van der Waals surface area contributed by atoms with Crippen LogP contribution in [-0.4, -0.2) is 16.1 Å². The molecule has 1 N–H and O–H groups in total. The highest BCUT2D eigenvalue weighted by atomic mass is 16.4. The number of aromatic carboxylic acids is 1. The summed E-state index contributed by atoms with van der Waals surface area (Å²) < 4.78 is 0. The van der Waals surface area contributed by atoms with E-state index < -0.39 is 5.97 Å². The molecule has 0 saturated heterocycles. The number of nitrogens with zero attached hydrogens (tertiary/aromatic N) is 1. The van der Waals surface area contributed by atoms with Crippen LogP contribution >= 0.6 is 0 Å². The summed E-state index contributed by atoms with van der Waals surface area (Å²) in [6.45, 7) is 2.04. The summed E-state index contributed by atoms with van der Waals surface area (Å²) in [6, 6.07) is 3.24. The summed E-state index contributed by atoms with van der Waals surface area (Å²) in [6.07, 6.45) is 6.42. The Kier molecular flexibility index (Phi) is 3.20. The number of aromatic nitrogens is 1. The van der Waals surface area contributed by atoms with Crippen LogP contribution in [-0.2, 0) is 0 Å². The molecule has 0 atom stereocenters. The van der Waals surface area contributed by atoms with E-state index in [1.54, 1.807) is 12.3 Å². The van der Waals surface area contributed by atoms with Gasteiger partial charge in [0.15, 0.2) is 0 Å². The molecule has 0 spiro atoms. The van der Waals surface area contributed by atoms with Gasteiger partial charge in [0.25, 0.3) is 0 Å². The quantitative estimate of drug-likeness (QED) is 0.770. The number of pyridine rings is 1. The average molecular weight is 177 g/mol. The van der Waals surface area contributed by atoms with E-state index >= 15 is 0 Å². The first-order chi connectivity index (χ1) is 6.24. The number of carboxylic acids is 1. The molecule has 0 aliphatic carbocycles. The lowest BCUT2D eigenvalue weighted by atomic mass is 10.2. The van der Waals surface area contributed by atoms with E-state index in [1.807, 2.05) is 19.1 Å². The van der Waals surface area contributed by atoms with E-state index in [4.69, 9.17) is 5.11 Å². The minimum atomic E-state index is -0.994. The average Bonchev–Trinajstić information content (AvgIpc) is 2.15. The van der Waals surface area contributed by atoms with Crippen LogP contribution in [0.2, 0.25) is 0 Å². The molecular weight excluding hydrogens is 166 g/mol. The third-order valence-corrected chi connectivity index (χ3v) is 1.55. The Morgan fingerprint density at radius 1 is 1.62 bits per heavy atom. The minimum Gasteiger partial charge on any atom is -0.477 e. The maximum Gasteiger partial charge on any atom is 0.354 e. The predicted octanol–water partition coefficient (Wildman–Crippen LogP) is 2.20. The minimum absolute atomic E-state index is 0.0775. The van der Waals surface area contributed by atoms with E-state index in [-0.39, 0.29) is 5.69 Å². The van der Waals surface area contributed by atoms with Crippen LogP contribution < -0.4 is 0 Å². The first-order valence-corrected chi connectivity index (χ1v) is 4.10. The number of hydrogen-bond acceptors (Lipinski definition) is 2. The Hall–Kier alpha value is -1.64. The van der Waals surface area contributed by atoms with Crippen molar-refractivity contribution in [2.24, 2.45) is 0 Å². The maximum absolute atomic E-state index is 10.4. The summed E-state index contributed by atoms with van der Waals surface area (Å²) in [5.41, 5.74) is 1.00. The zero-order valence-corrected chi connectivity index (χ0v) is 7.40. The van der Waals surface area contributed by atoms with Crippen LogP contribution in [0, 0.1) is 0 Å². The summed E-state index contributed by atoms with van der Waals surface area (Å²) in [7, 11) is 0. The first-order valence-electron chi connectivity index (χ1n) is 4.10. The van der Waals surface area contributed by atoms with Crippen molar-refractivity contribution in [2.75, 3.05) is 0 Å². The molecular formula is C10H11NO2. The number of carbonyl (C=O) groups is 1. The molecule has 68 valence electrons. The Bertz CT molecular complexity index is 314. The highest BCUT2D eigenvalue weighted by Gasteiger charge is 2.01. The fourth-order valence-corrected chi connectivity index (χ4v) is 0.884. The molecule has 0 unspecified atom stereocenters. The van der Waals surface area contributed by atoms with E-state index in [9.17, 15) is 4.79 Å². The maximum atomic E-state index is 10.4. The monoisotopic (exact) mass is 177 g/mol. The number of rotatable bonds is 3. The van der Waals surface area contributed by atoms with E-state index in [0.717, 1.165) is 12.0 Å². The smallest absolute Gasteiger partial charge is 0.354 e. The number of allylic oxidation sites excluding steroid dienone is 1. The van der Waals surface area contributed by atoms with Gasteiger partial charge >= 0.3 is 5.97 Å². The van der Waals surface area contributed by atoms with Gasteiger partial charge in [-0.2, -0.15) is 0 Å². The number of carboxylic acid groups (broad SMARTS) is 1. The van der Waals surface area contributed by atoms with Crippen molar-refractivity contribution in [2.45, 2.75) is 13.3 Å². The van der Waals surface area contributed by atoms with Crippen LogP contribution in [0.3, 0.4) is 0 Å². The van der Waals surface area contributed by atoms with Crippen molar-refractivity contribution < 1.29 is 9.90 Å². The van der Waals surface area contributed by atoms with Gasteiger partial charge in [-0.15, -0.1) is 0 Å². The topological polar surface area (TPSA) is 50.2 Å². The molecule has 0 aromatic carbocycles. The van der Waals surface area contributed by atoms with Crippen LogP contribution in [0.15, 0.2) is 24.4 Å². The zero-order chi connectivity index (χ0) is 9.68. The highest BCUT2D eigenvalue weighted by molar-refractivity contribution is 5.85. The molecule has 0 radical (unpaired) electrons. The van der Waals surface area contributed by atoms with E-state index in [0.29, 0.717) is 0 Å². The van der Waals surface area contributed by atoms with Gasteiger partial charge < -0.3 is 5.11 Å². The molecule has 0 aliphatic heterocycles. The van der Waals surface area contributed by atoms with Crippen LogP contribution in [0.4, 0.5) is 0 Å². The summed E-state index contributed by atoms with van der Waals surface area (Å²) in [5, 5.41) is 8.57. The summed E-state index contributed by atoms with van der Waals surface area (Å²) in [5.74, 6) is -0.994. The van der Waals surface area contributed by atoms with Crippen molar-refractivity contribution >= 4 is 12.0 Å². The Labute approximate surface area is 76.7 Å². The summed E-state index contributed by atoms with van der Waals surface area (Å²) in [4.78, 5) is 14.2. The second kappa shape index (κ2) is 4.40. The molecule has 0 aliphatic rings. The van der Waals surface area contributed by atoms with Gasteiger partial charge in [-0.1, -0.05) is 25.1 Å². The largest absolute Gasteiger partial charge is 0.477 e. The predicted molar refractivity (Wildman–Crippen MR) is 50.5 cm³/mol. The van der Waals surface area contributed by atoms with Gasteiger partial charge in [0.1, 0.15) is 5.69 Å². The lowest BCUT2D eigenvalue weighted by Crippen LogP contribution is -1.98. The van der Waals surface area contributed by atoms with Crippen molar-refractivity contribution in [3.05, 3.63) is 35.7 Å². The molecule has 1 heterocycles. The molecule has 1 rings (SSSR count).